The van der Waals surface area contributed by atoms with Crippen molar-refractivity contribution in [3.8, 4) is 0 Å². The number of nitrogens with zero attached hydrogens (tertiary/aromatic N) is 4. The maximum Gasteiger partial charge on any atom is 0.255 e. The zero-order valence-electron chi connectivity index (χ0n) is 15.6. The number of hydrogen-bond acceptors (Lipinski definition) is 4. The number of carbonyl (C=O) groups is 1. The van der Waals surface area contributed by atoms with Crippen LogP contribution in [0.3, 0.4) is 0 Å². The summed E-state index contributed by atoms with van der Waals surface area (Å²) >= 11 is 0. The van der Waals surface area contributed by atoms with Crippen LogP contribution in [0, 0.1) is 11.8 Å². The van der Waals surface area contributed by atoms with E-state index in [4.69, 9.17) is 5.73 Å². The fraction of sp³-hybridized carbons (Fsp3) is 0.611. The van der Waals surface area contributed by atoms with Crippen molar-refractivity contribution in [2.24, 2.45) is 17.6 Å². The van der Waals surface area contributed by atoms with Crippen molar-refractivity contribution >= 4 is 41.8 Å². The van der Waals surface area contributed by atoms with E-state index in [1.807, 2.05) is 15.6 Å². The predicted molar refractivity (Wildman–Crippen MR) is 109 cm³/mol. The molecule has 1 aliphatic heterocycles. The van der Waals surface area contributed by atoms with Crippen molar-refractivity contribution in [2.75, 3.05) is 13.1 Å². The number of carbonyl (C=O) groups excluding carboxylic acids is 1. The lowest BCUT2D eigenvalue weighted by Gasteiger charge is -2.38. The van der Waals surface area contributed by atoms with Crippen molar-refractivity contribution in [3.05, 3.63) is 24.0 Å². The van der Waals surface area contributed by atoms with Crippen LogP contribution >= 0.6 is 24.8 Å². The third-order valence-electron chi connectivity index (χ3n) is 4.77. The van der Waals surface area contributed by atoms with Gasteiger partial charge in [0.25, 0.3) is 5.91 Å². The van der Waals surface area contributed by atoms with E-state index in [2.05, 4.69) is 30.9 Å². The molecule has 0 aliphatic carbocycles. The van der Waals surface area contributed by atoms with E-state index in [0.29, 0.717) is 23.9 Å². The molecule has 0 aromatic carbocycles. The van der Waals surface area contributed by atoms with E-state index >= 15 is 0 Å². The Morgan fingerprint density at radius 2 is 2.08 bits per heavy atom. The lowest BCUT2D eigenvalue weighted by molar-refractivity contribution is 0.0573. The van der Waals surface area contributed by atoms with E-state index in [-0.39, 0.29) is 36.8 Å². The monoisotopic (exact) mass is 401 g/mol. The number of rotatable bonds is 4. The molecule has 0 bridgehead atoms. The van der Waals surface area contributed by atoms with E-state index in [0.717, 1.165) is 37.0 Å². The Morgan fingerprint density at radius 3 is 2.73 bits per heavy atom. The molecule has 1 saturated heterocycles. The van der Waals surface area contributed by atoms with Crippen molar-refractivity contribution < 1.29 is 4.79 Å². The molecule has 2 aromatic heterocycles. The molecule has 1 aliphatic rings. The first-order valence-electron chi connectivity index (χ1n) is 8.82. The first-order chi connectivity index (χ1) is 11.5. The Kier molecular flexibility index (Phi) is 8.31. The largest absolute Gasteiger partial charge is 0.334 e. The van der Waals surface area contributed by atoms with E-state index < -0.39 is 0 Å². The number of aromatic nitrogens is 3. The summed E-state index contributed by atoms with van der Waals surface area (Å²) in [7, 11) is 0. The number of fused-ring (bicyclic) bond motifs is 1. The number of halogens is 2. The second kappa shape index (κ2) is 9.53. The number of nitrogens with two attached hydrogens (primary N) is 1. The van der Waals surface area contributed by atoms with Crippen LogP contribution in [0.1, 0.15) is 44.0 Å². The van der Waals surface area contributed by atoms with Crippen LogP contribution < -0.4 is 5.73 Å². The van der Waals surface area contributed by atoms with Crippen molar-refractivity contribution in [1.29, 1.82) is 0 Å². The van der Waals surface area contributed by atoms with Gasteiger partial charge in [-0.2, -0.15) is 5.10 Å². The molecular formula is C18H29Cl2N5O. The van der Waals surface area contributed by atoms with Gasteiger partial charge < -0.3 is 10.6 Å². The molecular weight excluding hydrogens is 373 g/mol. The van der Waals surface area contributed by atoms with Gasteiger partial charge >= 0.3 is 0 Å². The van der Waals surface area contributed by atoms with Gasteiger partial charge in [0.15, 0.2) is 5.65 Å². The quantitative estimate of drug-likeness (QED) is 0.853. The molecule has 2 unspecified atom stereocenters. The molecule has 6 nitrogen and oxygen atoms in total. The molecule has 2 N–H and O–H groups in total. The summed E-state index contributed by atoms with van der Waals surface area (Å²) in [6.07, 6.45) is 5.48. The molecule has 1 amide bonds. The smallest absolute Gasteiger partial charge is 0.255 e. The molecule has 0 spiro atoms. The molecule has 26 heavy (non-hydrogen) atoms. The van der Waals surface area contributed by atoms with Gasteiger partial charge in [0, 0.05) is 37.3 Å². The van der Waals surface area contributed by atoms with Crippen LogP contribution in [0.5, 0.6) is 0 Å². The highest BCUT2D eigenvalue weighted by atomic mass is 35.5. The van der Waals surface area contributed by atoms with Crippen molar-refractivity contribution in [2.45, 2.75) is 46.2 Å². The van der Waals surface area contributed by atoms with Crippen LogP contribution in [0.15, 0.2) is 18.5 Å². The van der Waals surface area contributed by atoms with Gasteiger partial charge in [-0.05, 0) is 30.7 Å². The third-order valence-corrected chi connectivity index (χ3v) is 4.77. The highest BCUT2D eigenvalue weighted by molar-refractivity contribution is 5.97. The van der Waals surface area contributed by atoms with Gasteiger partial charge in [0.05, 0.1) is 11.8 Å². The summed E-state index contributed by atoms with van der Waals surface area (Å²) in [6, 6.07) is 2.03. The molecule has 2 atom stereocenters. The fourth-order valence-electron chi connectivity index (χ4n) is 3.48. The summed E-state index contributed by atoms with van der Waals surface area (Å²) in [4.78, 5) is 19.3. The molecule has 146 valence electrons. The van der Waals surface area contributed by atoms with Crippen molar-refractivity contribution in [3.63, 3.8) is 0 Å². The van der Waals surface area contributed by atoms with Crippen LogP contribution in [0.25, 0.3) is 11.0 Å². The minimum atomic E-state index is 0. The summed E-state index contributed by atoms with van der Waals surface area (Å²) in [5.74, 6) is 1.15. The average Bonchev–Trinajstić information content (AvgIpc) is 2.95. The fourth-order valence-corrected chi connectivity index (χ4v) is 3.48. The normalized spacial score (nSPS) is 20.0. The van der Waals surface area contributed by atoms with Crippen LogP contribution in [-0.2, 0) is 6.54 Å². The molecule has 2 aromatic rings. The number of piperidine rings is 1. The molecule has 1 fully saturated rings. The third kappa shape index (κ3) is 4.67. The van der Waals surface area contributed by atoms with E-state index in [9.17, 15) is 4.79 Å². The lowest BCUT2D eigenvalue weighted by atomic mass is 9.92. The molecule has 0 radical (unpaired) electrons. The Balaban J connectivity index is 0.00000169. The average molecular weight is 402 g/mol. The van der Waals surface area contributed by atoms with Gasteiger partial charge in [0.2, 0.25) is 0 Å². The second-order valence-corrected chi connectivity index (χ2v) is 7.37. The van der Waals surface area contributed by atoms with Gasteiger partial charge in [-0.3, -0.25) is 4.79 Å². The topological polar surface area (TPSA) is 77.0 Å². The minimum absolute atomic E-state index is 0. The summed E-state index contributed by atoms with van der Waals surface area (Å²) in [5, 5.41) is 5.31. The number of pyridine rings is 1. The minimum Gasteiger partial charge on any atom is -0.334 e. The van der Waals surface area contributed by atoms with Crippen molar-refractivity contribution in [1.82, 2.24) is 19.7 Å². The first-order valence-corrected chi connectivity index (χ1v) is 8.82. The van der Waals surface area contributed by atoms with Gasteiger partial charge in [-0.15, -0.1) is 24.8 Å². The first kappa shape index (κ1) is 22.7. The Bertz CT molecular complexity index is 733. The zero-order chi connectivity index (χ0) is 17.3. The standard InChI is InChI=1S/C18H27N5O.2ClH/c1-12(2)11-23-17-14(10-21-23)7-15(9-20-17)18(24)22-5-4-13(3)6-16(22)8-19;;/h7,9-10,12-13,16H,4-6,8,11,19H2,1-3H3;2*1H. The van der Waals surface area contributed by atoms with Gasteiger partial charge in [0.1, 0.15) is 0 Å². The summed E-state index contributed by atoms with van der Waals surface area (Å²) in [5.41, 5.74) is 7.35. The van der Waals surface area contributed by atoms with Crippen LogP contribution in [0.2, 0.25) is 0 Å². The van der Waals surface area contributed by atoms with Gasteiger partial charge in [-0.1, -0.05) is 20.8 Å². The maximum absolute atomic E-state index is 12.9. The Morgan fingerprint density at radius 1 is 1.35 bits per heavy atom. The Labute approximate surface area is 167 Å². The number of likely N-dealkylation sites (tertiary alicyclic amines) is 1. The van der Waals surface area contributed by atoms with Crippen LogP contribution in [-0.4, -0.2) is 44.7 Å². The SMILES string of the molecule is CC(C)Cn1ncc2cc(C(=O)N3CCC(C)CC3CN)cnc21.Cl.Cl. The Hall–Kier alpha value is -1.37. The number of amides is 1. The van der Waals surface area contributed by atoms with E-state index in [1.165, 1.54) is 0 Å². The number of hydrogen-bond donors (Lipinski definition) is 1. The second-order valence-electron chi connectivity index (χ2n) is 7.37. The predicted octanol–water partition coefficient (Wildman–Crippen LogP) is 3.13. The maximum atomic E-state index is 12.9. The molecule has 3 rings (SSSR count). The van der Waals surface area contributed by atoms with Crippen LogP contribution in [0.4, 0.5) is 0 Å². The lowest BCUT2D eigenvalue weighted by Crippen LogP contribution is -2.49. The summed E-state index contributed by atoms with van der Waals surface area (Å²) < 4.78 is 1.90. The molecule has 8 heteroatoms. The zero-order valence-corrected chi connectivity index (χ0v) is 17.2. The molecule has 3 heterocycles. The molecule has 0 saturated carbocycles. The highest BCUT2D eigenvalue weighted by Gasteiger charge is 2.29. The van der Waals surface area contributed by atoms with Gasteiger partial charge in [-0.25, -0.2) is 9.67 Å². The summed E-state index contributed by atoms with van der Waals surface area (Å²) in [6.45, 7) is 8.63. The van der Waals surface area contributed by atoms with E-state index in [1.54, 1.807) is 12.4 Å². The highest BCUT2D eigenvalue weighted by Crippen LogP contribution is 2.24.